The molecule has 0 atom stereocenters. The maximum Gasteiger partial charge on any atom is 0.242 e. The van der Waals surface area contributed by atoms with Crippen LogP contribution in [0.4, 0.5) is 0 Å². The number of hydrogen-bond donors (Lipinski definition) is 1. The molecular formula is C16H25Cl2NO3S. The fourth-order valence-electron chi connectivity index (χ4n) is 2.76. The molecule has 0 spiro atoms. The van der Waals surface area contributed by atoms with Crippen molar-refractivity contribution in [1.82, 2.24) is 4.72 Å². The molecule has 0 aliphatic carbocycles. The zero-order chi connectivity index (χ0) is 18.1. The molecule has 0 saturated carbocycles. The molecule has 1 aromatic rings. The molecule has 1 rings (SSSR count). The van der Waals surface area contributed by atoms with Crippen LogP contribution in [0.3, 0.4) is 0 Å². The highest BCUT2D eigenvalue weighted by atomic mass is 35.5. The third-order valence-corrected chi connectivity index (χ3v) is 5.42. The Kier molecular flexibility index (Phi) is 6.41. The average Bonchev–Trinajstić information content (AvgIpc) is 2.28. The molecule has 0 aliphatic heterocycles. The Hall–Kier alpha value is -0.490. The largest absolute Gasteiger partial charge is 0.492 e. The van der Waals surface area contributed by atoms with Crippen LogP contribution in [-0.4, -0.2) is 20.6 Å². The predicted molar refractivity (Wildman–Crippen MR) is 96.1 cm³/mol. The maximum absolute atomic E-state index is 12.7. The molecular weight excluding hydrogens is 357 g/mol. The molecule has 0 fully saturated rings. The van der Waals surface area contributed by atoms with Gasteiger partial charge in [0.05, 0.1) is 16.7 Å². The van der Waals surface area contributed by atoms with Gasteiger partial charge in [0.15, 0.2) is 0 Å². The van der Waals surface area contributed by atoms with E-state index < -0.39 is 15.6 Å². The number of ether oxygens (including phenoxy) is 1. The molecule has 0 saturated heterocycles. The molecule has 0 heterocycles. The Labute approximate surface area is 149 Å². The van der Waals surface area contributed by atoms with E-state index in [1.807, 2.05) is 20.8 Å². The third kappa shape index (κ3) is 6.14. The van der Waals surface area contributed by atoms with Crippen molar-refractivity contribution in [2.45, 2.75) is 58.4 Å². The van der Waals surface area contributed by atoms with Gasteiger partial charge in [0.1, 0.15) is 10.6 Å². The zero-order valence-electron chi connectivity index (χ0n) is 14.5. The van der Waals surface area contributed by atoms with Crippen LogP contribution >= 0.6 is 23.2 Å². The lowest BCUT2D eigenvalue weighted by Crippen LogP contribution is -2.45. The summed E-state index contributed by atoms with van der Waals surface area (Å²) in [7, 11) is -3.80. The summed E-state index contributed by atoms with van der Waals surface area (Å²) in [4.78, 5) is -0.0467. The molecule has 1 aromatic carbocycles. The first kappa shape index (κ1) is 20.6. The molecule has 0 amide bonds. The Morgan fingerprint density at radius 2 is 1.65 bits per heavy atom. The monoisotopic (exact) mass is 381 g/mol. The quantitative estimate of drug-likeness (QED) is 0.763. The summed E-state index contributed by atoms with van der Waals surface area (Å²) < 4.78 is 33.4. The lowest BCUT2D eigenvalue weighted by Gasteiger charge is -2.33. The van der Waals surface area contributed by atoms with Crippen LogP contribution in [0.15, 0.2) is 17.0 Å². The second kappa shape index (κ2) is 7.18. The maximum atomic E-state index is 12.7. The summed E-state index contributed by atoms with van der Waals surface area (Å²) in [6.07, 6.45) is 0.668. The van der Waals surface area contributed by atoms with Crippen LogP contribution < -0.4 is 9.46 Å². The van der Waals surface area contributed by atoms with E-state index in [0.717, 1.165) is 0 Å². The highest BCUT2D eigenvalue weighted by Gasteiger charge is 2.32. The fourth-order valence-corrected chi connectivity index (χ4v) is 5.00. The van der Waals surface area contributed by atoms with Gasteiger partial charge in [-0.3, -0.25) is 0 Å². The van der Waals surface area contributed by atoms with E-state index in [1.54, 1.807) is 0 Å². The van der Waals surface area contributed by atoms with Gasteiger partial charge in [-0.15, -0.1) is 0 Å². The number of sulfonamides is 1. The van der Waals surface area contributed by atoms with Gasteiger partial charge in [-0.25, -0.2) is 13.1 Å². The Morgan fingerprint density at radius 3 is 2.13 bits per heavy atom. The molecule has 4 nitrogen and oxygen atoms in total. The van der Waals surface area contributed by atoms with E-state index in [9.17, 15) is 8.42 Å². The van der Waals surface area contributed by atoms with E-state index in [4.69, 9.17) is 27.9 Å². The van der Waals surface area contributed by atoms with Gasteiger partial charge in [-0.1, -0.05) is 44.0 Å². The fraction of sp³-hybridized carbons (Fsp3) is 0.625. The van der Waals surface area contributed by atoms with Gasteiger partial charge in [-0.05, 0) is 38.7 Å². The van der Waals surface area contributed by atoms with E-state index in [2.05, 4.69) is 25.5 Å². The van der Waals surface area contributed by atoms with E-state index >= 15 is 0 Å². The topological polar surface area (TPSA) is 55.4 Å². The second-order valence-electron chi connectivity index (χ2n) is 7.37. The van der Waals surface area contributed by atoms with Gasteiger partial charge < -0.3 is 4.74 Å². The predicted octanol–water partition coefficient (Wildman–Crippen LogP) is 4.89. The molecule has 0 aromatic heterocycles. The van der Waals surface area contributed by atoms with Crippen molar-refractivity contribution in [1.29, 1.82) is 0 Å². The third-order valence-electron chi connectivity index (χ3n) is 2.96. The first-order valence-electron chi connectivity index (χ1n) is 7.43. The highest BCUT2D eigenvalue weighted by Crippen LogP contribution is 2.35. The molecule has 0 bridgehead atoms. The smallest absolute Gasteiger partial charge is 0.242 e. The van der Waals surface area contributed by atoms with Gasteiger partial charge in [0.25, 0.3) is 0 Å². The van der Waals surface area contributed by atoms with Crippen molar-refractivity contribution in [3.63, 3.8) is 0 Å². The number of benzene rings is 1. The van der Waals surface area contributed by atoms with Crippen LogP contribution in [0, 0.1) is 5.41 Å². The minimum Gasteiger partial charge on any atom is -0.492 e. The van der Waals surface area contributed by atoms with Crippen molar-refractivity contribution >= 4 is 33.2 Å². The van der Waals surface area contributed by atoms with Crippen molar-refractivity contribution in [2.75, 3.05) is 6.61 Å². The summed E-state index contributed by atoms with van der Waals surface area (Å²) >= 11 is 12.2. The number of rotatable bonds is 6. The molecule has 23 heavy (non-hydrogen) atoms. The molecule has 0 radical (unpaired) electrons. The molecule has 7 heteroatoms. The Morgan fingerprint density at radius 1 is 1.09 bits per heavy atom. The van der Waals surface area contributed by atoms with Crippen LogP contribution in [-0.2, 0) is 10.0 Å². The normalized spacial score (nSPS) is 13.2. The molecule has 0 aliphatic rings. The van der Waals surface area contributed by atoms with Crippen LogP contribution in [0.25, 0.3) is 0 Å². The minimum absolute atomic E-state index is 0.0215. The lowest BCUT2D eigenvalue weighted by atomic mass is 9.82. The van der Waals surface area contributed by atoms with Crippen molar-refractivity contribution < 1.29 is 13.2 Å². The Balaban J connectivity index is 3.17. The molecule has 0 unspecified atom stereocenters. The second-order valence-corrected chi connectivity index (χ2v) is 9.84. The van der Waals surface area contributed by atoms with Crippen LogP contribution in [0.2, 0.25) is 10.0 Å². The Bertz CT molecular complexity index is 665. The minimum atomic E-state index is -3.80. The van der Waals surface area contributed by atoms with Crippen LogP contribution in [0.5, 0.6) is 5.75 Å². The number of hydrogen-bond acceptors (Lipinski definition) is 3. The lowest BCUT2D eigenvalue weighted by molar-refractivity contribution is 0.269. The van der Waals surface area contributed by atoms with E-state index in [0.29, 0.717) is 18.8 Å². The van der Waals surface area contributed by atoms with E-state index in [1.165, 1.54) is 12.1 Å². The standard InChI is InChI=1S/C16H25Cl2NO3S/c1-7-22-13-8-12(18)14(9-11(13)17)23(20,21)19-16(5,6)10-15(2,3)4/h8-9,19H,7,10H2,1-6H3. The van der Waals surface area contributed by atoms with Gasteiger partial charge in [0, 0.05) is 11.6 Å². The summed E-state index contributed by atoms with van der Waals surface area (Å²) in [5.74, 6) is 0.368. The van der Waals surface area contributed by atoms with Crippen molar-refractivity contribution in [3.05, 3.63) is 22.2 Å². The number of halogens is 2. The van der Waals surface area contributed by atoms with Gasteiger partial charge in [0.2, 0.25) is 10.0 Å². The van der Waals surface area contributed by atoms with Crippen LogP contribution in [0.1, 0.15) is 48.0 Å². The first-order chi connectivity index (χ1) is 10.3. The highest BCUT2D eigenvalue weighted by molar-refractivity contribution is 7.89. The SMILES string of the molecule is CCOc1cc(Cl)c(S(=O)(=O)NC(C)(C)CC(C)(C)C)cc1Cl. The van der Waals surface area contributed by atoms with Crippen molar-refractivity contribution in [3.8, 4) is 5.75 Å². The summed E-state index contributed by atoms with van der Waals surface area (Å²) in [5.41, 5.74) is -0.641. The van der Waals surface area contributed by atoms with Crippen molar-refractivity contribution in [2.24, 2.45) is 5.41 Å². The average molecular weight is 382 g/mol. The summed E-state index contributed by atoms with van der Waals surface area (Å²) in [5, 5.41) is 0.294. The number of nitrogens with one attached hydrogen (secondary N) is 1. The zero-order valence-corrected chi connectivity index (χ0v) is 16.8. The summed E-state index contributed by atoms with van der Waals surface area (Å²) in [6.45, 7) is 12.1. The van der Waals surface area contributed by atoms with Gasteiger partial charge >= 0.3 is 0 Å². The molecule has 1 N–H and O–H groups in total. The van der Waals surface area contributed by atoms with E-state index in [-0.39, 0.29) is 20.4 Å². The first-order valence-corrected chi connectivity index (χ1v) is 9.67. The van der Waals surface area contributed by atoms with Gasteiger partial charge in [-0.2, -0.15) is 0 Å². The molecule has 132 valence electrons. The summed E-state index contributed by atoms with van der Waals surface area (Å²) in [6, 6.07) is 2.75.